The van der Waals surface area contributed by atoms with Gasteiger partial charge in [0.05, 0.1) is 4.90 Å². The molecule has 20 heavy (non-hydrogen) atoms. The number of carbonyl (C=O) groups is 1. The fourth-order valence-corrected chi connectivity index (χ4v) is 3.64. The number of hydrogen-bond donors (Lipinski definition) is 1. The molecule has 112 valence electrons. The van der Waals surface area contributed by atoms with Crippen LogP contribution in [0.1, 0.15) is 31.1 Å². The number of sulfonamides is 1. The van der Waals surface area contributed by atoms with Crippen LogP contribution >= 0.6 is 0 Å². The number of nitrogens with zero attached hydrogens (tertiary/aromatic N) is 2. The summed E-state index contributed by atoms with van der Waals surface area (Å²) in [5, 5.41) is 1.73. The minimum Gasteiger partial charge on any atom is -0.366 e. The summed E-state index contributed by atoms with van der Waals surface area (Å²) in [6, 6.07) is 5.79. The summed E-state index contributed by atoms with van der Waals surface area (Å²) in [5.74, 6) is -0.645. The number of hydrogen-bond acceptors (Lipinski definition) is 4. The fourth-order valence-electron chi connectivity index (χ4n) is 1.99. The molecule has 1 aromatic carbocycles. The Morgan fingerprint density at radius 2 is 1.75 bits per heavy atom. The maximum absolute atomic E-state index is 12.6. The van der Waals surface area contributed by atoms with E-state index in [1.54, 1.807) is 11.9 Å². The van der Waals surface area contributed by atoms with Crippen LogP contribution in [0.3, 0.4) is 0 Å². The quantitative estimate of drug-likeness (QED) is 0.763. The van der Waals surface area contributed by atoms with E-state index in [-0.39, 0.29) is 10.5 Å². The van der Waals surface area contributed by atoms with Crippen LogP contribution < -0.4 is 5.73 Å². The fraction of sp³-hybridized carbons (Fsp3) is 0.462. The summed E-state index contributed by atoms with van der Waals surface area (Å²) in [6.07, 6.45) is 0. The Balaban J connectivity index is 3.27. The molecule has 0 heterocycles. The van der Waals surface area contributed by atoms with Gasteiger partial charge in [0, 0.05) is 25.2 Å². The third-order valence-corrected chi connectivity index (χ3v) is 4.90. The number of benzene rings is 1. The van der Waals surface area contributed by atoms with Crippen LogP contribution in [0, 0.1) is 0 Å². The van der Waals surface area contributed by atoms with Crippen molar-refractivity contribution in [1.29, 1.82) is 0 Å². The van der Waals surface area contributed by atoms with Gasteiger partial charge < -0.3 is 5.73 Å². The molecule has 0 aliphatic heterocycles. The number of amides is 1. The largest absolute Gasteiger partial charge is 0.366 e. The van der Waals surface area contributed by atoms with Gasteiger partial charge in [0.15, 0.2) is 0 Å². The minimum atomic E-state index is -3.68. The Labute approximate surface area is 120 Å². The highest BCUT2D eigenvalue weighted by atomic mass is 32.2. The molecule has 7 heteroatoms. The predicted octanol–water partition coefficient (Wildman–Crippen LogP) is 1.05. The first kappa shape index (κ1) is 16.6. The molecule has 2 N–H and O–H groups in total. The van der Waals surface area contributed by atoms with Crippen molar-refractivity contribution in [3.63, 3.8) is 0 Å². The van der Waals surface area contributed by atoms with Gasteiger partial charge in [-0.2, -0.15) is 0 Å². The highest BCUT2D eigenvalue weighted by Gasteiger charge is 2.27. The molecular weight excluding hydrogens is 278 g/mol. The van der Waals surface area contributed by atoms with Gasteiger partial charge in [-0.1, -0.05) is 19.9 Å². The zero-order valence-electron chi connectivity index (χ0n) is 12.0. The van der Waals surface area contributed by atoms with Crippen molar-refractivity contribution in [3.05, 3.63) is 29.8 Å². The summed E-state index contributed by atoms with van der Waals surface area (Å²) >= 11 is 0. The molecule has 0 aliphatic carbocycles. The maximum Gasteiger partial charge on any atom is 0.256 e. The second kappa shape index (κ2) is 6.83. The summed E-state index contributed by atoms with van der Waals surface area (Å²) < 4.78 is 26.6. The molecule has 0 spiro atoms. The van der Waals surface area contributed by atoms with Gasteiger partial charge in [-0.3, -0.25) is 4.79 Å². The van der Waals surface area contributed by atoms with Crippen LogP contribution in [0.5, 0.6) is 0 Å². The van der Waals surface area contributed by atoms with Crippen molar-refractivity contribution >= 4 is 15.9 Å². The Morgan fingerprint density at radius 3 is 2.20 bits per heavy atom. The predicted molar refractivity (Wildman–Crippen MR) is 77.4 cm³/mol. The van der Waals surface area contributed by atoms with Crippen molar-refractivity contribution < 1.29 is 13.2 Å². The van der Waals surface area contributed by atoms with Crippen LogP contribution in [0.4, 0.5) is 0 Å². The Bertz CT molecular complexity index is 568. The Morgan fingerprint density at radius 1 is 1.15 bits per heavy atom. The lowest BCUT2D eigenvalue weighted by Crippen LogP contribution is -2.46. The average Bonchev–Trinajstić information content (AvgIpc) is 2.44. The molecule has 0 radical (unpaired) electrons. The van der Waals surface area contributed by atoms with Crippen molar-refractivity contribution in [3.8, 4) is 0 Å². The topological polar surface area (TPSA) is 83.7 Å². The van der Waals surface area contributed by atoms with E-state index in [0.717, 1.165) is 0 Å². The molecule has 1 rings (SSSR count). The van der Waals surface area contributed by atoms with E-state index in [9.17, 15) is 13.2 Å². The van der Waals surface area contributed by atoms with E-state index in [1.165, 1.54) is 28.7 Å². The summed E-state index contributed by atoms with van der Waals surface area (Å²) in [5.41, 5.74) is 5.37. The number of hydrazine groups is 1. The van der Waals surface area contributed by atoms with Crippen LogP contribution in [0.25, 0.3) is 0 Å². The number of rotatable bonds is 7. The van der Waals surface area contributed by atoms with Gasteiger partial charge in [-0.25, -0.2) is 13.4 Å². The standard InChI is InChI=1S/C13H21N3O3S/c1-4-15(5-2)16(6-3)20(18,19)12-9-7-8-11(10-12)13(14)17/h7-10H,4-6H2,1-3H3,(H2,14,17). The molecule has 0 unspecified atom stereocenters. The normalized spacial score (nSPS) is 12.1. The number of carbonyl (C=O) groups excluding carboxylic acids is 1. The van der Waals surface area contributed by atoms with Crippen LogP contribution in [0.2, 0.25) is 0 Å². The summed E-state index contributed by atoms with van der Waals surface area (Å²) in [6.45, 7) is 7.04. The van der Waals surface area contributed by atoms with Crippen molar-refractivity contribution in [2.75, 3.05) is 19.6 Å². The highest BCUT2D eigenvalue weighted by molar-refractivity contribution is 7.89. The van der Waals surface area contributed by atoms with Gasteiger partial charge in [0.1, 0.15) is 0 Å². The molecule has 6 nitrogen and oxygen atoms in total. The lowest BCUT2D eigenvalue weighted by atomic mass is 10.2. The summed E-state index contributed by atoms with van der Waals surface area (Å²) in [7, 11) is -3.68. The molecule has 0 atom stereocenters. The van der Waals surface area contributed by atoms with Crippen LogP contribution in [0.15, 0.2) is 29.2 Å². The van der Waals surface area contributed by atoms with Gasteiger partial charge in [-0.15, -0.1) is 4.41 Å². The third kappa shape index (κ3) is 3.36. The van der Waals surface area contributed by atoms with E-state index in [2.05, 4.69) is 0 Å². The van der Waals surface area contributed by atoms with Crippen molar-refractivity contribution in [2.24, 2.45) is 5.73 Å². The van der Waals surface area contributed by atoms with Crippen molar-refractivity contribution in [1.82, 2.24) is 9.42 Å². The van der Waals surface area contributed by atoms with Crippen LogP contribution in [-0.4, -0.2) is 43.4 Å². The maximum atomic E-state index is 12.6. The first-order valence-corrected chi connectivity index (χ1v) is 7.99. The Kier molecular flexibility index (Phi) is 5.67. The zero-order valence-corrected chi connectivity index (χ0v) is 12.9. The summed E-state index contributed by atoms with van der Waals surface area (Å²) in [4.78, 5) is 11.2. The smallest absolute Gasteiger partial charge is 0.256 e. The molecular formula is C13H21N3O3S. The SMILES string of the molecule is CCN(CC)N(CC)S(=O)(=O)c1cccc(C(N)=O)c1. The lowest BCUT2D eigenvalue weighted by molar-refractivity contribution is 0.0771. The number of nitrogens with two attached hydrogens (primary N) is 1. The zero-order chi connectivity index (χ0) is 15.3. The van der Waals surface area contributed by atoms with Gasteiger partial charge >= 0.3 is 0 Å². The second-order valence-corrected chi connectivity index (χ2v) is 6.02. The van der Waals surface area contributed by atoms with Gasteiger partial charge in [-0.05, 0) is 25.1 Å². The molecule has 0 aliphatic rings. The lowest BCUT2D eigenvalue weighted by Gasteiger charge is -2.31. The molecule has 0 fully saturated rings. The van der Waals surface area contributed by atoms with E-state index >= 15 is 0 Å². The van der Waals surface area contributed by atoms with Crippen LogP contribution in [-0.2, 0) is 10.0 Å². The van der Waals surface area contributed by atoms with Gasteiger partial charge in [0.25, 0.3) is 10.0 Å². The number of primary amides is 1. The first-order valence-electron chi connectivity index (χ1n) is 6.55. The van der Waals surface area contributed by atoms with Crippen molar-refractivity contribution in [2.45, 2.75) is 25.7 Å². The van der Waals surface area contributed by atoms with Gasteiger partial charge in [0.2, 0.25) is 5.91 Å². The minimum absolute atomic E-state index is 0.0718. The molecule has 0 aromatic heterocycles. The molecule has 1 amide bonds. The first-order chi connectivity index (χ1) is 9.38. The van der Waals surface area contributed by atoms with E-state index in [1.807, 2.05) is 13.8 Å². The monoisotopic (exact) mass is 299 g/mol. The molecule has 0 saturated heterocycles. The Hall–Kier alpha value is -1.44. The van der Waals surface area contributed by atoms with E-state index < -0.39 is 15.9 Å². The van der Waals surface area contributed by atoms with E-state index in [0.29, 0.717) is 19.6 Å². The van der Waals surface area contributed by atoms with E-state index in [4.69, 9.17) is 5.73 Å². The second-order valence-electron chi connectivity index (χ2n) is 4.17. The average molecular weight is 299 g/mol. The molecule has 1 aromatic rings. The molecule has 0 saturated carbocycles. The highest BCUT2D eigenvalue weighted by Crippen LogP contribution is 2.18. The third-order valence-electron chi connectivity index (χ3n) is 3.01. The molecule has 0 bridgehead atoms.